The molecule has 0 aliphatic heterocycles. The van der Waals surface area contributed by atoms with E-state index < -0.39 is 0 Å². The molecule has 0 bridgehead atoms. The van der Waals surface area contributed by atoms with Gasteiger partial charge in [0.1, 0.15) is 5.78 Å². The van der Waals surface area contributed by atoms with Crippen LogP contribution in [-0.4, -0.2) is 18.5 Å². The minimum atomic E-state index is -0.184. The Hall–Kier alpha value is -1.41. The molecule has 0 heterocycles. The van der Waals surface area contributed by atoms with Crippen molar-refractivity contribution in [2.45, 2.75) is 71.8 Å². The van der Waals surface area contributed by atoms with Crippen LogP contribution in [0.15, 0.2) is 46.6 Å². The summed E-state index contributed by atoms with van der Waals surface area (Å²) in [6.07, 6.45) is 16.9. The Bertz CT molecular complexity index is 810. The van der Waals surface area contributed by atoms with Crippen LogP contribution in [0.5, 0.6) is 0 Å². The molecule has 1 saturated carbocycles. The first-order valence-corrected chi connectivity index (χ1v) is 10.4. The number of carbonyl (C=O) groups is 1. The summed E-state index contributed by atoms with van der Waals surface area (Å²) < 4.78 is 5.88. The molecule has 1 fully saturated rings. The van der Waals surface area contributed by atoms with Crippen molar-refractivity contribution in [3.63, 3.8) is 0 Å². The maximum absolute atomic E-state index is 13.1. The van der Waals surface area contributed by atoms with Crippen molar-refractivity contribution in [3.05, 3.63) is 46.6 Å². The van der Waals surface area contributed by atoms with E-state index in [4.69, 9.17) is 4.74 Å². The fraction of sp³-hybridized carbons (Fsp3) is 0.625. The van der Waals surface area contributed by atoms with Crippen LogP contribution in [0.2, 0.25) is 0 Å². The fourth-order valence-corrected chi connectivity index (χ4v) is 6.82. The van der Waals surface area contributed by atoms with Crippen molar-refractivity contribution in [2.75, 3.05) is 6.61 Å². The highest BCUT2D eigenvalue weighted by molar-refractivity contribution is 5.94. The first-order valence-electron chi connectivity index (χ1n) is 10.4. The molecule has 26 heavy (non-hydrogen) atoms. The molecule has 5 aliphatic rings. The molecule has 0 radical (unpaired) electrons. The Morgan fingerprint density at radius 3 is 2.81 bits per heavy atom. The fourth-order valence-electron chi connectivity index (χ4n) is 6.82. The van der Waals surface area contributed by atoms with E-state index in [0.29, 0.717) is 5.78 Å². The third kappa shape index (κ3) is 1.84. The quantitative estimate of drug-likeness (QED) is 0.660. The standard InChI is InChI=1S/C24H30O2/c1-4-26-17-7-13-23(3)16(15-17)5-6-18-19(23)9-14-24-20(18)8-11-22(24,2)12-10-21(24)25/h5-6,8,15,17H,4,7,9-14H2,1-3H3/t17?,22?,23?,24-/m1/s1. The number of ether oxygens (including phenoxy) is 1. The van der Waals surface area contributed by atoms with Crippen LogP contribution in [0.4, 0.5) is 0 Å². The number of rotatable bonds is 2. The van der Waals surface area contributed by atoms with Crippen LogP contribution in [0.1, 0.15) is 65.7 Å². The zero-order valence-electron chi connectivity index (χ0n) is 16.4. The van der Waals surface area contributed by atoms with E-state index in [2.05, 4.69) is 45.1 Å². The lowest BCUT2D eigenvalue weighted by molar-refractivity contribution is -0.127. The third-order valence-electron chi connectivity index (χ3n) is 8.40. The summed E-state index contributed by atoms with van der Waals surface area (Å²) in [4.78, 5) is 13.1. The first-order chi connectivity index (χ1) is 12.4. The number of allylic oxidation sites excluding steroid dienone is 7. The van der Waals surface area contributed by atoms with Crippen molar-refractivity contribution in [3.8, 4) is 0 Å². The molecule has 2 nitrogen and oxygen atoms in total. The van der Waals surface area contributed by atoms with E-state index in [1.54, 1.807) is 5.57 Å². The zero-order valence-corrected chi connectivity index (χ0v) is 16.4. The Kier molecular flexibility index (Phi) is 3.42. The van der Waals surface area contributed by atoms with Gasteiger partial charge in [-0.25, -0.2) is 0 Å². The van der Waals surface area contributed by atoms with Crippen molar-refractivity contribution in [1.82, 2.24) is 0 Å². The van der Waals surface area contributed by atoms with Gasteiger partial charge in [0.05, 0.1) is 11.5 Å². The number of Topliss-reactive ketones (excluding diaryl/α,β-unsaturated/α-hetero) is 1. The molecule has 0 aromatic rings. The summed E-state index contributed by atoms with van der Waals surface area (Å²) in [7, 11) is 0. The predicted molar refractivity (Wildman–Crippen MR) is 104 cm³/mol. The van der Waals surface area contributed by atoms with Gasteiger partial charge in [0.2, 0.25) is 0 Å². The summed E-state index contributed by atoms with van der Waals surface area (Å²) in [5.74, 6) is 0.509. The molecule has 1 spiro atoms. The van der Waals surface area contributed by atoms with Crippen LogP contribution >= 0.6 is 0 Å². The molecule has 3 unspecified atom stereocenters. The number of fused-ring (bicyclic) bond motifs is 3. The van der Waals surface area contributed by atoms with Crippen LogP contribution in [0.3, 0.4) is 0 Å². The largest absolute Gasteiger partial charge is 0.374 e. The molecule has 5 rings (SSSR count). The Morgan fingerprint density at radius 2 is 2.00 bits per heavy atom. The first kappa shape index (κ1) is 16.7. The summed E-state index contributed by atoms with van der Waals surface area (Å²) in [6.45, 7) is 7.63. The lowest BCUT2D eigenvalue weighted by Gasteiger charge is -2.49. The smallest absolute Gasteiger partial charge is 0.144 e. The molecule has 0 saturated heterocycles. The van der Waals surface area contributed by atoms with Gasteiger partial charge >= 0.3 is 0 Å². The second-order valence-electron chi connectivity index (χ2n) is 9.42. The van der Waals surface area contributed by atoms with Crippen LogP contribution < -0.4 is 0 Å². The molecule has 0 amide bonds. The molecule has 138 valence electrons. The summed E-state index contributed by atoms with van der Waals surface area (Å²) in [6, 6.07) is 0. The number of carbonyl (C=O) groups excluding carboxylic acids is 1. The van der Waals surface area contributed by atoms with Gasteiger partial charge in [-0.15, -0.1) is 0 Å². The second-order valence-corrected chi connectivity index (χ2v) is 9.42. The minimum absolute atomic E-state index is 0.126. The van der Waals surface area contributed by atoms with Crippen LogP contribution in [0.25, 0.3) is 0 Å². The maximum Gasteiger partial charge on any atom is 0.144 e. The second kappa shape index (κ2) is 5.32. The van der Waals surface area contributed by atoms with Gasteiger partial charge in [-0.2, -0.15) is 0 Å². The van der Waals surface area contributed by atoms with E-state index in [-0.39, 0.29) is 22.3 Å². The van der Waals surface area contributed by atoms with Gasteiger partial charge in [-0.1, -0.05) is 43.7 Å². The van der Waals surface area contributed by atoms with E-state index in [1.165, 1.54) is 16.7 Å². The highest BCUT2D eigenvalue weighted by atomic mass is 16.5. The molecule has 4 atom stereocenters. The summed E-state index contributed by atoms with van der Waals surface area (Å²) >= 11 is 0. The number of ketones is 1. The van der Waals surface area contributed by atoms with Crippen molar-refractivity contribution in [2.24, 2.45) is 16.2 Å². The molecular weight excluding hydrogens is 320 g/mol. The van der Waals surface area contributed by atoms with Gasteiger partial charge in [0, 0.05) is 18.4 Å². The monoisotopic (exact) mass is 350 g/mol. The molecule has 5 aliphatic carbocycles. The predicted octanol–water partition coefficient (Wildman–Crippen LogP) is 5.46. The van der Waals surface area contributed by atoms with E-state index in [0.717, 1.165) is 51.6 Å². The van der Waals surface area contributed by atoms with Gasteiger partial charge < -0.3 is 4.74 Å². The van der Waals surface area contributed by atoms with Crippen molar-refractivity contribution in [1.29, 1.82) is 0 Å². The van der Waals surface area contributed by atoms with Crippen LogP contribution in [-0.2, 0) is 9.53 Å². The SMILES string of the molecule is CCOC1C=C2C=CC3=C(CC[C@@]45C(=O)CCC4(C)CC=C35)C2(C)CC1. The van der Waals surface area contributed by atoms with Crippen molar-refractivity contribution < 1.29 is 9.53 Å². The third-order valence-corrected chi connectivity index (χ3v) is 8.40. The lowest BCUT2D eigenvalue weighted by Crippen LogP contribution is -2.43. The normalized spacial score (nSPS) is 43.5. The molecular formula is C24H30O2. The Balaban J connectivity index is 1.60. The molecule has 0 N–H and O–H groups in total. The number of hydrogen-bond acceptors (Lipinski definition) is 2. The number of hydrogen-bond donors (Lipinski definition) is 0. The van der Waals surface area contributed by atoms with E-state index in [1.807, 2.05) is 0 Å². The average Bonchev–Trinajstić information content (AvgIpc) is 3.06. The van der Waals surface area contributed by atoms with E-state index in [9.17, 15) is 4.79 Å². The minimum Gasteiger partial charge on any atom is -0.374 e. The highest BCUT2D eigenvalue weighted by Crippen LogP contribution is 2.69. The Morgan fingerprint density at radius 1 is 1.15 bits per heavy atom. The Labute approximate surface area is 157 Å². The van der Waals surface area contributed by atoms with Crippen LogP contribution in [0, 0.1) is 16.2 Å². The maximum atomic E-state index is 13.1. The molecule has 0 aromatic carbocycles. The average molecular weight is 351 g/mol. The van der Waals surface area contributed by atoms with E-state index >= 15 is 0 Å². The molecule has 2 heteroatoms. The lowest BCUT2D eigenvalue weighted by atomic mass is 9.54. The zero-order chi connectivity index (χ0) is 18.2. The van der Waals surface area contributed by atoms with Gasteiger partial charge in [-0.05, 0) is 67.6 Å². The van der Waals surface area contributed by atoms with Gasteiger partial charge in [-0.3, -0.25) is 4.79 Å². The van der Waals surface area contributed by atoms with Crippen molar-refractivity contribution >= 4 is 5.78 Å². The van der Waals surface area contributed by atoms with Gasteiger partial charge in [0.15, 0.2) is 0 Å². The summed E-state index contributed by atoms with van der Waals surface area (Å²) in [5.41, 5.74) is 5.90. The topological polar surface area (TPSA) is 26.3 Å². The van der Waals surface area contributed by atoms with Gasteiger partial charge in [0.25, 0.3) is 0 Å². The molecule has 0 aromatic heterocycles. The highest BCUT2D eigenvalue weighted by Gasteiger charge is 2.63. The summed E-state index contributed by atoms with van der Waals surface area (Å²) in [5, 5.41) is 0.